The van der Waals surface area contributed by atoms with Gasteiger partial charge in [0.2, 0.25) is 0 Å². The van der Waals surface area contributed by atoms with E-state index in [1.54, 1.807) is 12.1 Å². The van der Waals surface area contributed by atoms with Crippen molar-refractivity contribution in [1.82, 2.24) is 5.32 Å². The SMILES string of the molecule is COC(=O)CNC(=O)c1ccc(C#CCN)s1. The third kappa shape index (κ3) is 4.26. The molecule has 1 rings (SSSR count). The van der Waals surface area contributed by atoms with Gasteiger partial charge < -0.3 is 15.8 Å². The second kappa shape index (κ2) is 6.68. The van der Waals surface area contributed by atoms with E-state index in [9.17, 15) is 9.59 Å². The van der Waals surface area contributed by atoms with Crippen molar-refractivity contribution >= 4 is 23.2 Å². The molecule has 3 N–H and O–H groups in total. The van der Waals surface area contributed by atoms with Crippen LogP contribution in [0.5, 0.6) is 0 Å². The van der Waals surface area contributed by atoms with Gasteiger partial charge in [0.15, 0.2) is 0 Å². The zero-order valence-electron chi connectivity index (χ0n) is 9.28. The van der Waals surface area contributed by atoms with Gasteiger partial charge in [0.25, 0.3) is 5.91 Å². The molecule has 0 aromatic carbocycles. The maximum atomic E-state index is 11.6. The van der Waals surface area contributed by atoms with Crippen LogP contribution in [0.3, 0.4) is 0 Å². The van der Waals surface area contributed by atoms with Crippen molar-refractivity contribution in [2.45, 2.75) is 0 Å². The smallest absolute Gasteiger partial charge is 0.325 e. The molecular weight excluding hydrogens is 240 g/mol. The predicted molar refractivity (Wildman–Crippen MR) is 64.6 cm³/mol. The van der Waals surface area contributed by atoms with Crippen molar-refractivity contribution in [2.75, 3.05) is 20.2 Å². The molecule has 0 aliphatic heterocycles. The zero-order chi connectivity index (χ0) is 12.7. The molecule has 0 fully saturated rings. The summed E-state index contributed by atoms with van der Waals surface area (Å²) in [4.78, 5) is 23.7. The highest BCUT2D eigenvalue weighted by Crippen LogP contribution is 2.14. The fraction of sp³-hybridized carbons (Fsp3) is 0.273. The standard InChI is InChI=1S/C11H12N2O3S/c1-16-10(14)7-13-11(15)9-5-4-8(17-9)3-2-6-12/h4-5H,6-7,12H2,1H3,(H,13,15). The van der Waals surface area contributed by atoms with Gasteiger partial charge in [-0.05, 0) is 12.1 Å². The number of esters is 1. The molecule has 0 spiro atoms. The van der Waals surface area contributed by atoms with Crippen LogP contribution in [0, 0.1) is 11.8 Å². The average molecular weight is 252 g/mol. The number of nitrogens with one attached hydrogen (secondary N) is 1. The summed E-state index contributed by atoms with van der Waals surface area (Å²) in [6.07, 6.45) is 0. The molecule has 0 saturated heterocycles. The quantitative estimate of drug-likeness (QED) is 0.584. The molecule has 5 nitrogen and oxygen atoms in total. The van der Waals surface area contributed by atoms with Gasteiger partial charge in [0.05, 0.1) is 23.4 Å². The first-order chi connectivity index (χ1) is 8.17. The first-order valence-electron chi connectivity index (χ1n) is 4.81. The molecule has 90 valence electrons. The number of thiophene rings is 1. The number of methoxy groups -OCH3 is 1. The Balaban J connectivity index is 2.58. The van der Waals surface area contributed by atoms with Gasteiger partial charge in [-0.1, -0.05) is 11.8 Å². The summed E-state index contributed by atoms with van der Waals surface area (Å²) in [6, 6.07) is 3.39. The minimum Gasteiger partial charge on any atom is -0.468 e. The Labute approximate surface area is 103 Å². The minimum atomic E-state index is -0.488. The van der Waals surface area contributed by atoms with E-state index in [4.69, 9.17) is 5.73 Å². The largest absolute Gasteiger partial charge is 0.468 e. The van der Waals surface area contributed by atoms with Crippen molar-refractivity contribution in [3.05, 3.63) is 21.9 Å². The lowest BCUT2D eigenvalue weighted by molar-refractivity contribution is -0.139. The number of ether oxygens (including phenoxy) is 1. The summed E-state index contributed by atoms with van der Waals surface area (Å²) in [5.41, 5.74) is 5.24. The highest BCUT2D eigenvalue weighted by Gasteiger charge is 2.09. The Morgan fingerprint density at radius 3 is 2.94 bits per heavy atom. The van der Waals surface area contributed by atoms with Gasteiger partial charge in [-0.15, -0.1) is 11.3 Å². The molecule has 1 heterocycles. The van der Waals surface area contributed by atoms with Gasteiger partial charge in [0, 0.05) is 0 Å². The molecule has 0 aliphatic carbocycles. The highest BCUT2D eigenvalue weighted by molar-refractivity contribution is 7.14. The first kappa shape index (κ1) is 13.2. The molecule has 0 radical (unpaired) electrons. The van der Waals surface area contributed by atoms with Gasteiger partial charge in [0.1, 0.15) is 6.54 Å². The Morgan fingerprint density at radius 1 is 1.53 bits per heavy atom. The molecule has 0 saturated carbocycles. The van der Waals surface area contributed by atoms with E-state index in [2.05, 4.69) is 21.9 Å². The number of hydrogen-bond acceptors (Lipinski definition) is 5. The topological polar surface area (TPSA) is 81.4 Å². The summed E-state index contributed by atoms with van der Waals surface area (Å²) >= 11 is 1.25. The van der Waals surface area contributed by atoms with E-state index in [-0.39, 0.29) is 19.0 Å². The van der Waals surface area contributed by atoms with Gasteiger partial charge in [-0.2, -0.15) is 0 Å². The molecule has 1 aromatic rings. The second-order valence-corrected chi connectivity index (χ2v) is 4.01. The van der Waals surface area contributed by atoms with Crippen LogP contribution >= 0.6 is 11.3 Å². The van der Waals surface area contributed by atoms with E-state index in [1.807, 2.05) is 0 Å². The summed E-state index contributed by atoms with van der Waals surface area (Å²) in [7, 11) is 1.26. The Hall–Kier alpha value is -1.84. The lowest BCUT2D eigenvalue weighted by Gasteiger charge is -2.00. The molecular formula is C11H12N2O3S. The van der Waals surface area contributed by atoms with E-state index >= 15 is 0 Å². The van der Waals surface area contributed by atoms with Crippen LogP contribution in [-0.4, -0.2) is 32.1 Å². The normalized spacial score (nSPS) is 9.06. The fourth-order valence-electron chi connectivity index (χ4n) is 0.977. The predicted octanol–water partition coefficient (Wildman–Crippen LogP) is -0.0389. The Morgan fingerprint density at radius 2 is 2.29 bits per heavy atom. The molecule has 0 atom stereocenters. The lowest BCUT2D eigenvalue weighted by atomic mass is 10.4. The van der Waals surface area contributed by atoms with Crippen molar-refractivity contribution in [2.24, 2.45) is 5.73 Å². The molecule has 6 heteroatoms. The number of carbonyl (C=O) groups excluding carboxylic acids is 2. The van der Waals surface area contributed by atoms with Crippen molar-refractivity contribution in [3.63, 3.8) is 0 Å². The summed E-state index contributed by atoms with van der Waals surface area (Å²) in [5, 5.41) is 2.44. The van der Waals surface area contributed by atoms with Crippen LogP contribution in [0.25, 0.3) is 0 Å². The third-order valence-electron chi connectivity index (χ3n) is 1.76. The Kier molecular flexibility index (Phi) is 5.20. The summed E-state index contributed by atoms with van der Waals surface area (Å²) < 4.78 is 4.41. The number of hydrogen-bond donors (Lipinski definition) is 2. The first-order valence-corrected chi connectivity index (χ1v) is 5.62. The Bertz CT molecular complexity index is 471. The van der Waals surface area contributed by atoms with E-state index in [0.29, 0.717) is 4.88 Å². The van der Waals surface area contributed by atoms with Crippen molar-refractivity contribution < 1.29 is 14.3 Å². The van der Waals surface area contributed by atoms with Gasteiger partial charge in [-0.25, -0.2) is 0 Å². The third-order valence-corrected chi connectivity index (χ3v) is 2.76. The highest BCUT2D eigenvalue weighted by atomic mass is 32.1. The van der Waals surface area contributed by atoms with E-state index in [0.717, 1.165) is 4.88 Å². The van der Waals surface area contributed by atoms with Crippen LogP contribution in [0.4, 0.5) is 0 Å². The van der Waals surface area contributed by atoms with E-state index in [1.165, 1.54) is 18.4 Å². The zero-order valence-corrected chi connectivity index (χ0v) is 10.1. The van der Waals surface area contributed by atoms with Gasteiger partial charge >= 0.3 is 5.97 Å². The molecule has 0 bridgehead atoms. The van der Waals surface area contributed by atoms with Crippen LogP contribution < -0.4 is 11.1 Å². The van der Waals surface area contributed by atoms with Crippen LogP contribution in [0.2, 0.25) is 0 Å². The number of rotatable bonds is 3. The number of nitrogens with two attached hydrogens (primary N) is 1. The van der Waals surface area contributed by atoms with E-state index < -0.39 is 5.97 Å². The van der Waals surface area contributed by atoms with Crippen LogP contribution in [0.15, 0.2) is 12.1 Å². The number of carbonyl (C=O) groups is 2. The average Bonchev–Trinajstić information content (AvgIpc) is 2.81. The number of amides is 1. The lowest BCUT2D eigenvalue weighted by Crippen LogP contribution is -2.29. The van der Waals surface area contributed by atoms with Crippen molar-refractivity contribution in [1.29, 1.82) is 0 Å². The molecule has 0 aliphatic rings. The summed E-state index contributed by atoms with van der Waals surface area (Å²) in [5.74, 6) is 4.72. The maximum absolute atomic E-state index is 11.6. The molecule has 1 aromatic heterocycles. The second-order valence-electron chi connectivity index (χ2n) is 2.93. The summed E-state index contributed by atoms with van der Waals surface area (Å²) in [6.45, 7) is 0.138. The minimum absolute atomic E-state index is 0.142. The van der Waals surface area contributed by atoms with Crippen molar-refractivity contribution in [3.8, 4) is 11.8 Å². The maximum Gasteiger partial charge on any atom is 0.325 e. The van der Waals surface area contributed by atoms with Crippen LogP contribution in [-0.2, 0) is 9.53 Å². The molecule has 0 unspecified atom stereocenters. The fourth-order valence-corrected chi connectivity index (χ4v) is 1.77. The van der Waals surface area contributed by atoms with Crippen LogP contribution in [0.1, 0.15) is 14.5 Å². The molecule has 1 amide bonds. The monoisotopic (exact) mass is 252 g/mol. The molecule has 17 heavy (non-hydrogen) atoms. The van der Waals surface area contributed by atoms with Gasteiger partial charge in [-0.3, -0.25) is 9.59 Å².